The summed E-state index contributed by atoms with van der Waals surface area (Å²) in [5.74, 6) is 0. The molecule has 0 saturated carbocycles. The van der Waals surface area contributed by atoms with Crippen LogP contribution in [0.15, 0.2) is 12.4 Å². The minimum Gasteiger partial charge on any atom is -0.370 e. The Hall–Kier alpha value is -0.660. The quantitative estimate of drug-likeness (QED) is 0.553. The Balaban J connectivity index is 1.99. The lowest BCUT2D eigenvalue weighted by atomic mass is 10.1. The van der Waals surface area contributed by atoms with E-state index in [9.17, 15) is 0 Å². The number of rotatable bonds is 10. The van der Waals surface area contributed by atoms with Crippen molar-refractivity contribution in [3.8, 4) is 0 Å². The molecule has 0 aromatic rings. The van der Waals surface area contributed by atoms with Crippen molar-refractivity contribution in [1.82, 2.24) is 10.6 Å². The fraction of sp³-hybridized carbons (Fsp3) is 0.857. The number of hydrogen-bond donors (Lipinski definition) is 2. The van der Waals surface area contributed by atoms with Gasteiger partial charge in [0.1, 0.15) is 0 Å². The lowest BCUT2D eigenvalue weighted by molar-refractivity contribution is 0.480. The molecular formula is C14H28N2. The van der Waals surface area contributed by atoms with Gasteiger partial charge in [0.25, 0.3) is 0 Å². The van der Waals surface area contributed by atoms with Crippen molar-refractivity contribution in [2.45, 2.75) is 77.3 Å². The minimum absolute atomic E-state index is 0.558. The third-order valence-electron chi connectivity index (χ3n) is 3.02. The lowest BCUT2D eigenvalue weighted by Crippen LogP contribution is -2.30. The zero-order chi connectivity index (χ0) is 14.1. The third-order valence-corrected chi connectivity index (χ3v) is 3.02. The summed E-state index contributed by atoms with van der Waals surface area (Å²) in [6.07, 6.45) is 13.5. The van der Waals surface area contributed by atoms with Gasteiger partial charge in [-0.25, -0.2) is 0 Å². The highest BCUT2D eigenvalue weighted by atomic mass is 15.1. The molecule has 16 heavy (non-hydrogen) atoms. The van der Waals surface area contributed by atoms with Crippen LogP contribution in [0.3, 0.4) is 0 Å². The molecule has 0 aromatic heterocycles. The van der Waals surface area contributed by atoms with Crippen LogP contribution in [0.25, 0.3) is 0 Å². The van der Waals surface area contributed by atoms with E-state index in [1.807, 2.05) is 0 Å². The van der Waals surface area contributed by atoms with Crippen molar-refractivity contribution >= 4 is 0 Å². The maximum absolute atomic E-state index is 8.10. The molecule has 0 saturated heterocycles. The largest absolute Gasteiger partial charge is 0.370 e. The van der Waals surface area contributed by atoms with Gasteiger partial charge in [-0.1, -0.05) is 58.3 Å². The highest BCUT2D eigenvalue weighted by Gasteiger charge is 2.05. The maximum atomic E-state index is 8.10. The Bertz CT molecular complexity index is 259. The first-order valence-corrected chi connectivity index (χ1v) is 6.86. The maximum Gasteiger partial charge on any atom is 0.162 e. The molecule has 0 atom stereocenters. The third kappa shape index (κ3) is 6.76. The lowest BCUT2D eigenvalue weighted by Gasteiger charge is -2.11. The number of unbranched alkanes of at least 4 members (excludes halogenated alkanes) is 8. The Morgan fingerprint density at radius 3 is 2.00 bits per heavy atom. The van der Waals surface area contributed by atoms with Crippen LogP contribution >= 0.6 is 0 Å². The monoisotopic (exact) mass is 227 g/mol. The summed E-state index contributed by atoms with van der Waals surface area (Å²) in [7, 11) is 0. The summed E-state index contributed by atoms with van der Waals surface area (Å²) < 4.78 is 23.3. The molecule has 94 valence electrons. The minimum atomic E-state index is -1.21. The van der Waals surface area contributed by atoms with Gasteiger partial charge in [0.2, 0.25) is 0 Å². The average Bonchev–Trinajstić information content (AvgIpc) is 2.65. The van der Waals surface area contributed by atoms with Crippen LogP contribution in [0.2, 0.25) is 2.82 Å². The summed E-state index contributed by atoms with van der Waals surface area (Å²) in [6, 6.07) is 0. The first-order chi connectivity index (χ1) is 9.11. The molecule has 0 aromatic carbocycles. The van der Waals surface area contributed by atoms with E-state index in [1.54, 1.807) is 0 Å². The Morgan fingerprint density at radius 1 is 0.938 bits per heavy atom. The second kappa shape index (κ2) is 9.56. The standard InChI is InChI=1S/C14H28N2/c1-2-3-4-5-6-7-8-9-10-11-14-15-12-13-16-14/h12-16H,2-11H2,1H3/i14D/hD2. The SMILES string of the molecule is [2H]N1C=CN([2H])C1([2H])CCCCCCCCCCC. The van der Waals surface area contributed by atoms with E-state index in [-0.39, 0.29) is 0 Å². The summed E-state index contributed by atoms with van der Waals surface area (Å²) in [4.78, 5) is 0. The van der Waals surface area contributed by atoms with Gasteiger partial charge in [-0.15, -0.1) is 0 Å². The fourth-order valence-corrected chi connectivity index (χ4v) is 1.99. The van der Waals surface area contributed by atoms with Crippen molar-refractivity contribution in [3.05, 3.63) is 12.4 Å². The van der Waals surface area contributed by atoms with Crippen LogP contribution in [0.4, 0.5) is 0 Å². The number of nitrogens with one attached hydrogen (secondary N) is 2. The predicted octanol–water partition coefficient (Wildman–Crippen LogP) is 3.90. The molecule has 1 heterocycles. The zero-order valence-electron chi connectivity index (χ0n) is 13.6. The van der Waals surface area contributed by atoms with E-state index < -0.39 is 6.14 Å². The normalized spacial score (nSPS) is 20.9. The van der Waals surface area contributed by atoms with E-state index in [1.165, 1.54) is 57.3 Å². The summed E-state index contributed by atoms with van der Waals surface area (Å²) in [5.41, 5.74) is 0. The smallest absolute Gasteiger partial charge is 0.162 e. The molecule has 1 aliphatic heterocycles. The first-order valence-electron chi connectivity index (χ1n) is 8.25. The Kier molecular flexibility index (Phi) is 5.60. The van der Waals surface area contributed by atoms with E-state index in [0.29, 0.717) is 6.42 Å². The topological polar surface area (TPSA) is 24.1 Å². The van der Waals surface area contributed by atoms with Crippen LogP contribution in [0.5, 0.6) is 0 Å². The molecule has 2 N–H and O–H groups in total. The van der Waals surface area contributed by atoms with Crippen LogP contribution in [0, 0.1) is 0 Å². The van der Waals surface area contributed by atoms with Crippen molar-refractivity contribution in [2.75, 3.05) is 0 Å². The van der Waals surface area contributed by atoms with E-state index in [0.717, 1.165) is 23.5 Å². The molecule has 0 aliphatic carbocycles. The highest BCUT2D eigenvalue weighted by Crippen LogP contribution is 2.11. The fourth-order valence-electron chi connectivity index (χ4n) is 1.99. The van der Waals surface area contributed by atoms with Gasteiger partial charge in [-0.05, 0) is 12.8 Å². The van der Waals surface area contributed by atoms with Crippen LogP contribution in [-0.4, -0.2) is 6.14 Å². The molecule has 0 amide bonds. The second-order valence-electron chi connectivity index (χ2n) is 4.55. The van der Waals surface area contributed by atoms with Gasteiger partial charge < -0.3 is 10.6 Å². The van der Waals surface area contributed by atoms with Crippen LogP contribution in [-0.2, 0) is 0 Å². The molecule has 0 unspecified atom stereocenters. The van der Waals surface area contributed by atoms with Crippen molar-refractivity contribution in [3.63, 3.8) is 0 Å². The first kappa shape index (κ1) is 9.38. The Morgan fingerprint density at radius 2 is 1.44 bits per heavy atom. The van der Waals surface area contributed by atoms with Gasteiger partial charge in [0.15, 0.2) is 2.82 Å². The summed E-state index contributed by atoms with van der Waals surface area (Å²) in [5, 5.41) is 2.15. The second-order valence-corrected chi connectivity index (χ2v) is 4.55. The van der Waals surface area contributed by atoms with Gasteiger partial charge >= 0.3 is 0 Å². The highest BCUT2D eigenvalue weighted by molar-refractivity contribution is 4.90. The summed E-state index contributed by atoms with van der Waals surface area (Å²) in [6.45, 7) is 2.24. The zero-order valence-corrected chi connectivity index (χ0v) is 10.6. The molecule has 0 fully saturated rings. The van der Waals surface area contributed by atoms with E-state index in [2.05, 4.69) is 6.92 Å². The molecule has 0 bridgehead atoms. The number of hydrogen-bond acceptors (Lipinski definition) is 2. The molecule has 0 radical (unpaired) electrons. The van der Waals surface area contributed by atoms with Gasteiger partial charge in [-0.3, -0.25) is 0 Å². The van der Waals surface area contributed by atoms with Crippen molar-refractivity contribution in [2.24, 2.45) is 0 Å². The van der Waals surface area contributed by atoms with Gasteiger partial charge in [-0.2, -0.15) is 0 Å². The molecule has 0 spiro atoms. The van der Waals surface area contributed by atoms with E-state index in [4.69, 9.17) is 4.19 Å². The van der Waals surface area contributed by atoms with Gasteiger partial charge in [0.05, 0.1) is 7.51 Å². The molecular weight excluding hydrogens is 196 g/mol. The summed E-state index contributed by atoms with van der Waals surface area (Å²) >= 11 is 0. The van der Waals surface area contributed by atoms with Crippen LogP contribution in [0.1, 0.15) is 72.5 Å². The van der Waals surface area contributed by atoms with Crippen molar-refractivity contribution < 1.29 is 4.19 Å². The molecule has 2 nitrogen and oxygen atoms in total. The average molecular weight is 227 g/mol. The molecule has 2 heteroatoms. The van der Waals surface area contributed by atoms with Crippen molar-refractivity contribution in [1.29, 1.82) is 0 Å². The van der Waals surface area contributed by atoms with Crippen LogP contribution < -0.4 is 10.6 Å². The van der Waals surface area contributed by atoms with E-state index >= 15 is 0 Å². The molecule has 1 aliphatic rings. The van der Waals surface area contributed by atoms with Gasteiger partial charge in [0, 0.05) is 12.4 Å². The Labute approximate surface area is 105 Å². The predicted molar refractivity (Wildman–Crippen MR) is 71.0 cm³/mol. The molecule has 1 rings (SSSR count).